The first kappa shape index (κ1) is 18.5. The number of benzene rings is 4. The van der Waals surface area contributed by atoms with Crippen LogP contribution in [0.4, 0.5) is 8.78 Å². The molecule has 0 spiro atoms. The van der Waals surface area contributed by atoms with Gasteiger partial charge in [0.15, 0.2) is 11.6 Å². The van der Waals surface area contributed by atoms with Crippen molar-refractivity contribution in [1.29, 1.82) is 0 Å². The third-order valence-corrected chi connectivity index (χ3v) is 6.93. The molecule has 0 unspecified atom stereocenters. The first-order valence-electron chi connectivity index (χ1n) is 10.3. The van der Waals surface area contributed by atoms with Gasteiger partial charge in [0.1, 0.15) is 0 Å². The number of thiophene rings is 1. The van der Waals surface area contributed by atoms with Gasteiger partial charge in [-0.1, -0.05) is 44.4 Å². The molecule has 3 heteroatoms. The van der Waals surface area contributed by atoms with Gasteiger partial charge in [-0.3, -0.25) is 0 Å². The summed E-state index contributed by atoms with van der Waals surface area (Å²) in [6.45, 7) is 2.24. The van der Waals surface area contributed by atoms with Crippen molar-refractivity contribution in [3.63, 3.8) is 0 Å². The van der Waals surface area contributed by atoms with Crippen molar-refractivity contribution in [1.82, 2.24) is 0 Å². The quantitative estimate of drug-likeness (QED) is 0.257. The third kappa shape index (κ3) is 3.38. The van der Waals surface area contributed by atoms with Crippen LogP contribution in [-0.4, -0.2) is 0 Å². The van der Waals surface area contributed by atoms with Gasteiger partial charge >= 0.3 is 0 Å². The fraction of sp³-hybridized carbons (Fsp3) is 0.231. The number of fused-ring (bicyclic) bond motifs is 5. The average Bonchev–Trinajstić information content (AvgIpc) is 3.05. The Bertz CT molecular complexity index is 1360. The highest BCUT2D eigenvalue weighted by Gasteiger charge is 2.11. The van der Waals surface area contributed by atoms with E-state index in [1.54, 1.807) is 11.3 Å². The van der Waals surface area contributed by atoms with Gasteiger partial charge < -0.3 is 0 Å². The first-order valence-corrected chi connectivity index (χ1v) is 11.1. The Morgan fingerprint density at radius 3 is 1.97 bits per heavy atom. The number of halogens is 2. The van der Waals surface area contributed by atoms with Crippen LogP contribution in [-0.2, 0) is 6.42 Å². The maximum absolute atomic E-state index is 13.7. The van der Waals surface area contributed by atoms with Crippen LogP contribution in [0.15, 0.2) is 54.6 Å². The van der Waals surface area contributed by atoms with E-state index in [0.717, 1.165) is 27.3 Å². The molecule has 0 bridgehead atoms. The van der Waals surface area contributed by atoms with Gasteiger partial charge in [0, 0.05) is 20.2 Å². The summed E-state index contributed by atoms with van der Waals surface area (Å²) in [6, 6.07) is 17.8. The lowest BCUT2D eigenvalue weighted by molar-refractivity contribution is 0.511. The fourth-order valence-electron chi connectivity index (χ4n) is 4.22. The highest BCUT2D eigenvalue weighted by atomic mass is 32.1. The molecule has 5 rings (SSSR count). The van der Waals surface area contributed by atoms with Gasteiger partial charge in [-0.25, -0.2) is 8.78 Å². The summed E-state index contributed by atoms with van der Waals surface area (Å²) in [5, 5.41) is 6.24. The van der Waals surface area contributed by atoms with Crippen LogP contribution in [0.2, 0.25) is 0 Å². The second-order valence-electron chi connectivity index (χ2n) is 7.90. The molecule has 0 saturated heterocycles. The lowest BCUT2D eigenvalue weighted by Gasteiger charge is -2.05. The Balaban J connectivity index is 1.61. The van der Waals surface area contributed by atoms with Crippen LogP contribution in [0, 0.1) is 11.6 Å². The normalized spacial score (nSPS) is 12.0. The van der Waals surface area contributed by atoms with Gasteiger partial charge in [-0.15, -0.1) is 11.3 Å². The molecule has 0 amide bonds. The molecule has 0 aliphatic carbocycles. The number of rotatable bonds is 5. The molecule has 0 N–H and O–H groups in total. The second-order valence-corrected chi connectivity index (χ2v) is 8.99. The monoisotopic (exact) mass is 404 g/mol. The molecule has 146 valence electrons. The molecule has 0 radical (unpaired) electrons. The van der Waals surface area contributed by atoms with E-state index < -0.39 is 11.6 Å². The van der Waals surface area contributed by atoms with E-state index in [1.807, 2.05) is 12.1 Å². The highest BCUT2D eigenvalue weighted by Crippen LogP contribution is 2.39. The van der Waals surface area contributed by atoms with Crippen molar-refractivity contribution in [2.24, 2.45) is 0 Å². The zero-order valence-corrected chi connectivity index (χ0v) is 17.2. The third-order valence-electron chi connectivity index (χ3n) is 5.81. The van der Waals surface area contributed by atoms with Crippen LogP contribution in [0.1, 0.15) is 38.2 Å². The number of unbranched alkanes of at least 4 members (excludes halogenated alkanes) is 3. The molecular formula is C26H22F2S. The number of hydrogen-bond donors (Lipinski definition) is 0. The Kier molecular flexibility index (Phi) is 4.71. The Hall–Kier alpha value is -2.52. The van der Waals surface area contributed by atoms with E-state index in [0.29, 0.717) is 0 Å². The van der Waals surface area contributed by atoms with Crippen molar-refractivity contribution >= 4 is 53.1 Å². The molecule has 29 heavy (non-hydrogen) atoms. The molecule has 0 fully saturated rings. The van der Waals surface area contributed by atoms with E-state index in [9.17, 15) is 8.78 Å². The van der Waals surface area contributed by atoms with Crippen molar-refractivity contribution in [3.8, 4) is 0 Å². The van der Waals surface area contributed by atoms with E-state index in [1.165, 1.54) is 64.2 Å². The first-order chi connectivity index (χ1) is 14.1. The summed E-state index contributed by atoms with van der Waals surface area (Å²) in [4.78, 5) is 0. The van der Waals surface area contributed by atoms with Gasteiger partial charge in [-0.2, -0.15) is 0 Å². The molecule has 0 atom stereocenters. The van der Waals surface area contributed by atoms with E-state index in [4.69, 9.17) is 0 Å². The molecule has 0 aliphatic rings. The highest BCUT2D eigenvalue weighted by molar-refractivity contribution is 7.26. The van der Waals surface area contributed by atoms with Crippen LogP contribution in [0.25, 0.3) is 41.7 Å². The topological polar surface area (TPSA) is 0 Å². The fourth-order valence-corrected chi connectivity index (χ4v) is 5.39. The number of aryl methyl sites for hydroxylation is 1. The van der Waals surface area contributed by atoms with E-state index in [-0.39, 0.29) is 0 Å². The standard InChI is InChI=1S/C26H22F2S/c1-2-3-4-5-6-16-7-8-17-10-21-22-11-19-12-23(27)24(28)13-20(19)15-26(22)29-25(21)14-18(17)9-16/h7-15H,2-6H2,1H3. The molecule has 4 aromatic carbocycles. The van der Waals surface area contributed by atoms with Crippen molar-refractivity contribution < 1.29 is 8.78 Å². The predicted octanol–water partition coefficient (Wildman–Crippen LogP) is 8.76. The largest absolute Gasteiger partial charge is 0.204 e. The molecule has 1 aromatic heterocycles. The maximum Gasteiger partial charge on any atom is 0.159 e. The molecule has 1 heterocycles. The second kappa shape index (κ2) is 7.38. The summed E-state index contributed by atoms with van der Waals surface area (Å²) in [6.07, 6.45) is 6.22. The Labute approximate surface area is 172 Å². The van der Waals surface area contributed by atoms with Crippen LogP contribution >= 0.6 is 11.3 Å². The van der Waals surface area contributed by atoms with E-state index >= 15 is 0 Å². The molecular weight excluding hydrogens is 382 g/mol. The lowest BCUT2D eigenvalue weighted by atomic mass is 10.00. The minimum atomic E-state index is -0.798. The smallest absolute Gasteiger partial charge is 0.159 e. The molecule has 5 aromatic rings. The molecule has 0 saturated carbocycles. The Morgan fingerprint density at radius 2 is 1.28 bits per heavy atom. The zero-order valence-electron chi connectivity index (χ0n) is 16.4. The zero-order chi connectivity index (χ0) is 20.0. The molecule has 0 nitrogen and oxygen atoms in total. The van der Waals surface area contributed by atoms with Gasteiger partial charge in [0.2, 0.25) is 0 Å². The van der Waals surface area contributed by atoms with E-state index in [2.05, 4.69) is 37.3 Å². The predicted molar refractivity (Wildman–Crippen MR) is 122 cm³/mol. The van der Waals surface area contributed by atoms with Crippen LogP contribution in [0.3, 0.4) is 0 Å². The van der Waals surface area contributed by atoms with Crippen LogP contribution in [0.5, 0.6) is 0 Å². The van der Waals surface area contributed by atoms with Gasteiger partial charge in [0.25, 0.3) is 0 Å². The minimum Gasteiger partial charge on any atom is -0.204 e. The number of hydrogen-bond acceptors (Lipinski definition) is 1. The van der Waals surface area contributed by atoms with Gasteiger partial charge in [0.05, 0.1) is 0 Å². The SMILES string of the molecule is CCCCCCc1ccc2cc3c(cc2c1)sc1cc2cc(F)c(F)cc2cc13. The van der Waals surface area contributed by atoms with Gasteiger partial charge in [-0.05, 0) is 76.3 Å². The van der Waals surface area contributed by atoms with Crippen molar-refractivity contribution in [3.05, 3.63) is 71.8 Å². The van der Waals surface area contributed by atoms with Crippen molar-refractivity contribution in [2.45, 2.75) is 39.0 Å². The summed E-state index contributed by atoms with van der Waals surface area (Å²) >= 11 is 1.72. The average molecular weight is 405 g/mol. The van der Waals surface area contributed by atoms with Crippen molar-refractivity contribution in [2.75, 3.05) is 0 Å². The Morgan fingerprint density at radius 1 is 0.655 bits per heavy atom. The summed E-state index contributed by atoms with van der Waals surface area (Å²) in [5.41, 5.74) is 1.39. The molecule has 0 aliphatic heterocycles. The summed E-state index contributed by atoms with van der Waals surface area (Å²) < 4.78 is 29.7. The maximum atomic E-state index is 13.7. The minimum absolute atomic E-state index is 0.735. The summed E-state index contributed by atoms with van der Waals surface area (Å²) in [7, 11) is 0. The summed E-state index contributed by atoms with van der Waals surface area (Å²) in [5.74, 6) is -1.59. The van der Waals surface area contributed by atoms with Crippen LogP contribution < -0.4 is 0 Å². The lowest BCUT2D eigenvalue weighted by Crippen LogP contribution is -1.86.